The maximum absolute atomic E-state index is 4.29. The van der Waals surface area contributed by atoms with Crippen LogP contribution in [-0.4, -0.2) is 18.1 Å². The fraction of sp³-hybridized carbons (Fsp3) is 0.583. The topological polar surface area (TPSA) is 16.1 Å². The number of nitrogens with zero attached hydrogens (tertiary/aromatic N) is 2. The Labute approximate surface area is 88.0 Å². The summed E-state index contributed by atoms with van der Waals surface area (Å²) in [5.74, 6) is 1.05. The van der Waals surface area contributed by atoms with Crippen LogP contribution in [0.4, 0.5) is 5.82 Å². The Morgan fingerprint density at radius 3 is 2.29 bits per heavy atom. The monoisotopic (exact) mass is 194 g/mol. The van der Waals surface area contributed by atoms with Gasteiger partial charge in [0.15, 0.2) is 0 Å². The fourth-order valence-electron chi connectivity index (χ4n) is 0.978. The van der Waals surface area contributed by atoms with Gasteiger partial charge in [0.05, 0.1) is 0 Å². The largest absolute Gasteiger partial charge is 0.357 e. The predicted octanol–water partition coefficient (Wildman–Crippen LogP) is 3.26. The Kier molecular flexibility index (Phi) is 5.93. The van der Waals surface area contributed by atoms with E-state index in [1.165, 1.54) is 5.56 Å². The zero-order chi connectivity index (χ0) is 11.1. The third-order valence-electron chi connectivity index (χ3n) is 2.04. The van der Waals surface area contributed by atoms with Gasteiger partial charge in [-0.1, -0.05) is 13.8 Å². The molecule has 0 radical (unpaired) electrons. The molecule has 0 saturated heterocycles. The summed E-state index contributed by atoms with van der Waals surface area (Å²) in [5.41, 5.74) is 1.26. The highest BCUT2D eigenvalue weighted by Crippen LogP contribution is 2.12. The first-order valence-electron chi connectivity index (χ1n) is 5.26. The molecule has 1 rings (SSSR count). The molecule has 0 spiro atoms. The second-order valence-corrected chi connectivity index (χ2v) is 3.40. The van der Waals surface area contributed by atoms with E-state index in [-0.39, 0.29) is 0 Å². The molecule has 0 aromatic carbocycles. The predicted molar refractivity (Wildman–Crippen MR) is 63.9 cm³/mol. The summed E-state index contributed by atoms with van der Waals surface area (Å²) < 4.78 is 0. The normalized spacial score (nSPS) is 9.36. The summed E-state index contributed by atoms with van der Waals surface area (Å²) in [6.45, 7) is 10.4. The van der Waals surface area contributed by atoms with Gasteiger partial charge in [-0.05, 0) is 38.5 Å². The Morgan fingerprint density at radius 1 is 1.29 bits per heavy atom. The van der Waals surface area contributed by atoms with E-state index >= 15 is 0 Å². The van der Waals surface area contributed by atoms with Crippen LogP contribution in [0.5, 0.6) is 0 Å². The van der Waals surface area contributed by atoms with Crippen molar-refractivity contribution >= 4 is 5.82 Å². The molecule has 0 N–H and O–H groups in total. The first-order chi connectivity index (χ1) is 6.61. The molecule has 0 aliphatic heterocycles. The summed E-state index contributed by atoms with van der Waals surface area (Å²) in [4.78, 5) is 6.45. The molecule has 0 atom stereocenters. The quantitative estimate of drug-likeness (QED) is 0.718. The zero-order valence-electron chi connectivity index (χ0n) is 10.2. The number of rotatable bonds is 2. The van der Waals surface area contributed by atoms with Gasteiger partial charge in [-0.15, -0.1) is 0 Å². The van der Waals surface area contributed by atoms with Crippen molar-refractivity contribution in [2.75, 3.05) is 11.9 Å². The third-order valence-corrected chi connectivity index (χ3v) is 2.04. The summed E-state index contributed by atoms with van der Waals surface area (Å²) in [7, 11) is 2.06. The molecule has 1 heterocycles. The molecule has 1 aromatic heterocycles. The van der Waals surface area contributed by atoms with E-state index in [1.807, 2.05) is 26.1 Å². The number of aromatic nitrogens is 1. The summed E-state index contributed by atoms with van der Waals surface area (Å²) in [5, 5.41) is 0. The van der Waals surface area contributed by atoms with Crippen molar-refractivity contribution in [1.29, 1.82) is 0 Å². The number of pyridine rings is 1. The Morgan fingerprint density at radius 2 is 1.86 bits per heavy atom. The molecular formula is C12H22N2. The van der Waals surface area contributed by atoms with Gasteiger partial charge < -0.3 is 4.90 Å². The van der Waals surface area contributed by atoms with Crippen molar-refractivity contribution < 1.29 is 0 Å². The van der Waals surface area contributed by atoms with Crippen LogP contribution in [0.1, 0.15) is 33.3 Å². The van der Waals surface area contributed by atoms with Gasteiger partial charge in [-0.2, -0.15) is 0 Å². The minimum atomic E-state index is 0.499. The summed E-state index contributed by atoms with van der Waals surface area (Å²) in [6, 6.07) is 4.61. The molecule has 0 aliphatic rings. The lowest BCUT2D eigenvalue weighted by atomic mass is 10.2. The zero-order valence-corrected chi connectivity index (χ0v) is 10.2. The molecule has 0 saturated carbocycles. The number of anilines is 1. The third kappa shape index (κ3) is 3.77. The molecule has 80 valence electrons. The van der Waals surface area contributed by atoms with E-state index in [2.05, 4.69) is 43.8 Å². The van der Waals surface area contributed by atoms with E-state index in [0.29, 0.717) is 6.04 Å². The van der Waals surface area contributed by atoms with Crippen LogP contribution in [0.2, 0.25) is 0 Å². The van der Waals surface area contributed by atoms with Crippen LogP contribution >= 0.6 is 0 Å². The van der Waals surface area contributed by atoms with E-state index in [0.717, 1.165) is 5.82 Å². The summed E-state index contributed by atoms with van der Waals surface area (Å²) >= 11 is 0. The van der Waals surface area contributed by atoms with Crippen LogP contribution in [0.15, 0.2) is 18.3 Å². The lowest BCUT2D eigenvalue weighted by molar-refractivity contribution is 0.743. The van der Waals surface area contributed by atoms with E-state index in [9.17, 15) is 0 Å². The molecule has 14 heavy (non-hydrogen) atoms. The highest BCUT2D eigenvalue weighted by Gasteiger charge is 2.04. The maximum Gasteiger partial charge on any atom is 0.128 e. The van der Waals surface area contributed by atoms with Gasteiger partial charge in [-0.25, -0.2) is 4.98 Å². The lowest BCUT2D eigenvalue weighted by Crippen LogP contribution is -2.26. The van der Waals surface area contributed by atoms with Gasteiger partial charge >= 0.3 is 0 Å². The molecule has 2 heteroatoms. The average Bonchev–Trinajstić information content (AvgIpc) is 2.19. The highest BCUT2D eigenvalue weighted by atomic mass is 15.2. The van der Waals surface area contributed by atoms with Crippen molar-refractivity contribution in [3.63, 3.8) is 0 Å². The molecule has 0 unspecified atom stereocenters. The molecule has 0 aliphatic carbocycles. The molecule has 2 nitrogen and oxygen atoms in total. The number of hydrogen-bond donors (Lipinski definition) is 0. The first kappa shape index (κ1) is 12.9. The van der Waals surface area contributed by atoms with Crippen LogP contribution < -0.4 is 4.90 Å². The Hall–Kier alpha value is -1.05. The van der Waals surface area contributed by atoms with Gasteiger partial charge in [0.1, 0.15) is 5.82 Å². The highest BCUT2D eigenvalue weighted by molar-refractivity contribution is 5.40. The number of aryl methyl sites for hydroxylation is 1. The Balaban J connectivity index is 0.000000791. The van der Waals surface area contributed by atoms with Gasteiger partial charge in [0.25, 0.3) is 0 Å². The van der Waals surface area contributed by atoms with Gasteiger partial charge in [0, 0.05) is 19.3 Å². The van der Waals surface area contributed by atoms with Crippen molar-refractivity contribution in [3.05, 3.63) is 23.9 Å². The van der Waals surface area contributed by atoms with Crippen LogP contribution in [0.25, 0.3) is 0 Å². The van der Waals surface area contributed by atoms with Gasteiger partial charge in [0.2, 0.25) is 0 Å². The smallest absolute Gasteiger partial charge is 0.128 e. The average molecular weight is 194 g/mol. The Bertz CT molecular complexity index is 256. The van der Waals surface area contributed by atoms with Crippen molar-refractivity contribution in [3.8, 4) is 0 Å². The van der Waals surface area contributed by atoms with Crippen molar-refractivity contribution in [2.45, 2.75) is 40.7 Å². The minimum absolute atomic E-state index is 0.499. The number of hydrogen-bond acceptors (Lipinski definition) is 2. The summed E-state index contributed by atoms with van der Waals surface area (Å²) in [6.07, 6.45) is 1.85. The first-order valence-corrected chi connectivity index (χ1v) is 5.26. The molecular weight excluding hydrogens is 172 g/mol. The fourth-order valence-corrected chi connectivity index (χ4v) is 0.978. The van der Waals surface area contributed by atoms with Gasteiger partial charge in [-0.3, -0.25) is 0 Å². The van der Waals surface area contributed by atoms with E-state index in [4.69, 9.17) is 0 Å². The second kappa shape index (κ2) is 6.41. The molecule has 0 fully saturated rings. The van der Waals surface area contributed by atoms with Crippen LogP contribution in [0.3, 0.4) is 0 Å². The standard InChI is InChI=1S/C10H16N2.C2H6/c1-8(2)12(4)10-7-9(3)5-6-11-10;1-2/h5-8H,1-4H3;1-2H3. The van der Waals surface area contributed by atoms with E-state index in [1.54, 1.807) is 0 Å². The van der Waals surface area contributed by atoms with Crippen molar-refractivity contribution in [1.82, 2.24) is 4.98 Å². The van der Waals surface area contributed by atoms with Crippen molar-refractivity contribution in [2.24, 2.45) is 0 Å². The second-order valence-electron chi connectivity index (χ2n) is 3.40. The SMILES string of the molecule is CC.Cc1ccnc(N(C)C(C)C)c1. The lowest BCUT2D eigenvalue weighted by Gasteiger charge is -2.22. The molecule has 0 amide bonds. The maximum atomic E-state index is 4.29. The van der Waals surface area contributed by atoms with Crippen LogP contribution in [0, 0.1) is 6.92 Å². The van der Waals surface area contributed by atoms with E-state index < -0.39 is 0 Å². The molecule has 1 aromatic rings. The molecule has 0 bridgehead atoms. The van der Waals surface area contributed by atoms with Crippen LogP contribution in [-0.2, 0) is 0 Å². The minimum Gasteiger partial charge on any atom is -0.357 e.